The maximum atomic E-state index is 13.1. The largest absolute Gasteiger partial charge is 0.772 e. The molecule has 0 aliphatic rings. The molecule has 0 saturated heterocycles. The molecular weight excluding hydrogens is 207 g/mol. The van der Waals surface area contributed by atoms with Gasteiger partial charge in [0.2, 0.25) is 0 Å². The van der Waals surface area contributed by atoms with Crippen LogP contribution >= 0.6 is 0 Å². The van der Waals surface area contributed by atoms with E-state index >= 15 is 0 Å². The van der Waals surface area contributed by atoms with E-state index < -0.39 is 23.0 Å². The molecule has 0 saturated carbocycles. The van der Waals surface area contributed by atoms with Crippen molar-refractivity contribution in [2.75, 3.05) is 5.75 Å². The molecule has 5 heteroatoms. The lowest BCUT2D eigenvalue weighted by molar-refractivity contribution is 0.169. The van der Waals surface area contributed by atoms with Gasteiger partial charge < -0.3 is 9.66 Å². The Bertz CT molecular complexity index is 330. The molecule has 78 valence electrons. The highest BCUT2D eigenvalue weighted by atomic mass is 32.2. The second-order valence-electron chi connectivity index (χ2n) is 2.83. The summed E-state index contributed by atoms with van der Waals surface area (Å²) in [6.07, 6.45) is -1.05. The number of hydrogen-bond donors (Lipinski definition) is 1. The third-order valence-corrected chi connectivity index (χ3v) is 2.39. The van der Waals surface area contributed by atoms with Gasteiger partial charge in [0.05, 0.1) is 6.10 Å². The first-order valence-corrected chi connectivity index (χ1v) is 5.34. The monoisotopic (exact) mass is 217 g/mol. The van der Waals surface area contributed by atoms with E-state index in [1.165, 1.54) is 18.2 Å². The van der Waals surface area contributed by atoms with Crippen LogP contribution in [0.3, 0.4) is 0 Å². The van der Waals surface area contributed by atoms with Gasteiger partial charge in [-0.3, -0.25) is 4.21 Å². The van der Waals surface area contributed by atoms with Gasteiger partial charge in [-0.25, -0.2) is 4.39 Å². The highest BCUT2D eigenvalue weighted by Crippen LogP contribution is 2.19. The van der Waals surface area contributed by atoms with Crippen molar-refractivity contribution >= 4 is 11.1 Å². The fraction of sp³-hybridized carbons (Fsp3) is 0.333. The highest BCUT2D eigenvalue weighted by molar-refractivity contribution is 7.79. The minimum atomic E-state index is -2.20. The predicted molar refractivity (Wildman–Crippen MR) is 49.8 cm³/mol. The number of aliphatic hydroxyl groups excluding tert-OH is 1. The van der Waals surface area contributed by atoms with E-state index in [0.29, 0.717) is 0 Å². The SMILES string of the molecule is O=S([O-])CCC(O)c1ccccc1F. The number of benzene rings is 1. The zero-order valence-electron chi connectivity index (χ0n) is 7.35. The molecule has 1 aromatic carbocycles. The van der Waals surface area contributed by atoms with E-state index in [4.69, 9.17) is 0 Å². The Morgan fingerprint density at radius 1 is 1.50 bits per heavy atom. The standard InChI is InChI=1S/C9H11FO3S/c10-8-4-2-1-3-7(8)9(11)5-6-14(12)13/h1-4,9,11H,5-6H2,(H,12,13)/p-1. The third kappa shape index (κ3) is 3.17. The molecule has 14 heavy (non-hydrogen) atoms. The Labute approximate surface area is 83.9 Å². The number of hydrogen-bond acceptors (Lipinski definition) is 3. The molecule has 2 unspecified atom stereocenters. The first kappa shape index (κ1) is 11.3. The summed E-state index contributed by atoms with van der Waals surface area (Å²) in [6.45, 7) is 0. The van der Waals surface area contributed by atoms with Crippen LogP contribution in [0.2, 0.25) is 0 Å². The van der Waals surface area contributed by atoms with E-state index in [1.807, 2.05) is 0 Å². The van der Waals surface area contributed by atoms with E-state index in [9.17, 15) is 18.3 Å². The number of rotatable bonds is 4. The van der Waals surface area contributed by atoms with Crippen LogP contribution in [-0.4, -0.2) is 19.6 Å². The lowest BCUT2D eigenvalue weighted by atomic mass is 10.1. The number of aliphatic hydroxyl groups is 1. The molecule has 1 N–H and O–H groups in total. The lowest BCUT2D eigenvalue weighted by Crippen LogP contribution is -2.05. The van der Waals surface area contributed by atoms with Crippen LogP contribution in [0.1, 0.15) is 18.1 Å². The molecule has 0 aliphatic heterocycles. The highest BCUT2D eigenvalue weighted by Gasteiger charge is 2.11. The molecule has 0 heterocycles. The van der Waals surface area contributed by atoms with Crippen LogP contribution in [0.25, 0.3) is 0 Å². The molecular formula is C9H10FO3S-. The molecule has 0 bridgehead atoms. The van der Waals surface area contributed by atoms with E-state index in [1.54, 1.807) is 6.07 Å². The smallest absolute Gasteiger partial charge is 0.128 e. The Morgan fingerprint density at radius 2 is 2.14 bits per heavy atom. The Balaban J connectivity index is 2.65. The van der Waals surface area contributed by atoms with Crippen LogP contribution < -0.4 is 0 Å². The average Bonchev–Trinajstić information content (AvgIpc) is 2.15. The summed E-state index contributed by atoms with van der Waals surface area (Å²) in [7, 11) is 0. The van der Waals surface area contributed by atoms with E-state index in [-0.39, 0.29) is 17.7 Å². The molecule has 0 fully saturated rings. The molecule has 0 amide bonds. The Morgan fingerprint density at radius 3 is 2.71 bits per heavy atom. The van der Waals surface area contributed by atoms with Crippen molar-refractivity contribution in [1.29, 1.82) is 0 Å². The first-order chi connectivity index (χ1) is 6.61. The summed E-state index contributed by atoms with van der Waals surface area (Å²) in [5.74, 6) is -0.688. The molecule has 1 rings (SSSR count). The summed E-state index contributed by atoms with van der Waals surface area (Å²) in [5.41, 5.74) is 0.137. The summed E-state index contributed by atoms with van der Waals surface area (Å²) in [6, 6.07) is 5.77. The van der Waals surface area contributed by atoms with Gasteiger partial charge >= 0.3 is 0 Å². The average molecular weight is 217 g/mol. The van der Waals surface area contributed by atoms with Crippen molar-refractivity contribution in [2.24, 2.45) is 0 Å². The normalized spacial score (nSPS) is 15.1. The van der Waals surface area contributed by atoms with E-state index in [0.717, 1.165) is 0 Å². The topological polar surface area (TPSA) is 60.4 Å². The summed E-state index contributed by atoms with van der Waals surface area (Å²) in [5, 5.41) is 9.44. The third-order valence-electron chi connectivity index (χ3n) is 1.82. The molecule has 0 aromatic heterocycles. The first-order valence-electron chi connectivity index (χ1n) is 4.09. The minimum absolute atomic E-state index is 0.0110. The van der Waals surface area contributed by atoms with Gasteiger partial charge in [-0.15, -0.1) is 0 Å². The van der Waals surface area contributed by atoms with Gasteiger partial charge in [-0.2, -0.15) is 0 Å². The minimum Gasteiger partial charge on any atom is -0.772 e. The second-order valence-corrected chi connectivity index (χ2v) is 3.85. The van der Waals surface area contributed by atoms with Crippen LogP contribution in [0.5, 0.6) is 0 Å². The van der Waals surface area contributed by atoms with E-state index in [2.05, 4.69) is 0 Å². The van der Waals surface area contributed by atoms with Crippen molar-refractivity contribution in [2.45, 2.75) is 12.5 Å². The van der Waals surface area contributed by atoms with Crippen molar-refractivity contribution in [3.8, 4) is 0 Å². The zero-order valence-corrected chi connectivity index (χ0v) is 8.17. The fourth-order valence-corrected chi connectivity index (χ4v) is 1.52. The predicted octanol–water partition coefficient (Wildman–Crippen LogP) is 1.13. The van der Waals surface area contributed by atoms with Gasteiger partial charge in [-0.1, -0.05) is 29.3 Å². The second kappa shape index (κ2) is 5.19. The van der Waals surface area contributed by atoms with Gasteiger partial charge in [-0.05, 0) is 12.5 Å². The van der Waals surface area contributed by atoms with Gasteiger partial charge in [0.1, 0.15) is 5.82 Å². The number of halogens is 1. The van der Waals surface area contributed by atoms with Crippen LogP contribution in [0.15, 0.2) is 24.3 Å². The lowest BCUT2D eigenvalue weighted by Gasteiger charge is -2.12. The van der Waals surface area contributed by atoms with Crippen molar-refractivity contribution in [3.63, 3.8) is 0 Å². The van der Waals surface area contributed by atoms with Crippen molar-refractivity contribution < 1.29 is 18.3 Å². The van der Waals surface area contributed by atoms with Crippen molar-refractivity contribution in [3.05, 3.63) is 35.6 Å². The molecule has 3 nitrogen and oxygen atoms in total. The fourth-order valence-electron chi connectivity index (χ4n) is 1.11. The maximum Gasteiger partial charge on any atom is 0.128 e. The maximum absolute atomic E-state index is 13.1. The van der Waals surface area contributed by atoms with Gasteiger partial charge in [0.15, 0.2) is 0 Å². The Kier molecular flexibility index (Phi) is 4.19. The zero-order chi connectivity index (χ0) is 10.6. The van der Waals surface area contributed by atoms with Crippen LogP contribution in [0, 0.1) is 5.82 Å². The van der Waals surface area contributed by atoms with Gasteiger partial charge in [0.25, 0.3) is 0 Å². The molecule has 0 radical (unpaired) electrons. The van der Waals surface area contributed by atoms with Crippen LogP contribution in [-0.2, 0) is 11.1 Å². The Hall–Kier alpha value is -0.780. The molecule has 2 atom stereocenters. The quantitative estimate of drug-likeness (QED) is 0.769. The summed E-state index contributed by atoms with van der Waals surface area (Å²) >= 11 is -2.20. The molecule has 0 aliphatic carbocycles. The van der Waals surface area contributed by atoms with Gasteiger partial charge in [0, 0.05) is 11.3 Å². The van der Waals surface area contributed by atoms with Crippen LogP contribution in [0.4, 0.5) is 4.39 Å². The summed E-state index contributed by atoms with van der Waals surface area (Å²) in [4.78, 5) is 0. The molecule has 1 aromatic rings. The summed E-state index contributed by atoms with van der Waals surface area (Å²) < 4.78 is 33.5. The van der Waals surface area contributed by atoms with Crippen molar-refractivity contribution in [1.82, 2.24) is 0 Å². The molecule has 0 spiro atoms.